The molecule has 0 N–H and O–H groups in total. The van der Waals surface area contributed by atoms with Gasteiger partial charge in [-0.3, -0.25) is 4.79 Å². The lowest BCUT2D eigenvalue weighted by molar-refractivity contribution is 0.0714. The molecule has 156 valence electrons. The molecular weight excluding hydrogens is 376 g/mol. The lowest BCUT2D eigenvalue weighted by Crippen LogP contribution is -2.49. The van der Waals surface area contributed by atoms with Gasteiger partial charge in [-0.1, -0.05) is 36.8 Å². The van der Waals surface area contributed by atoms with Gasteiger partial charge in [-0.2, -0.15) is 0 Å². The van der Waals surface area contributed by atoms with E-state index in [0.717, 1.165) is 43.3 Å². The maximum absolute atomic E-state index is 12.6. The summed E-state index contributed by atoms with van der Waals surface area (Å²) in [5.74, 6) is 2.15. The first-order chi connectivity index (χ1) is 14.5. The molecule has 0 unspecified atom stereocenters. The highest BCUT2D eigenvalue weighted by Crippen LogP contribution is 2.26. The highest BCUT2D eigenvalue weighted by Gasteiger charge is 2.26. The molecule has 3 aromatic rings. The van der Waals surface area contributed by atoms with Crippen molar-refractivity contribution in [2.75, 3.05) is 31.1 Å². The zero-order chi connectivity index (χ0) is 21.1. The van der Waals surface area contributed by atoms with Gasteiger partial charge in [0, 0.05) is 43.9 Å². The number of furan rings is 1. The van der Waals surface area contributed by atoms with Crippen LogP contribution in [0.5, 0.6) is 0 Å². The van der Waals surface area contributed by atoms with Crippen molar-refractivity contribution in [2.45, 2.75) is 33.6 Å². The Morgan fingerprint density at radius 3 is 2.40 bits per heavy atom. The molecule has 1 amide bonds. The molecule has 6 heteroatoms. The molecule has 2 aromatic heterocycles. The van der Waals surface area contributed by atoms with Crippen molar-refractivity contribution < 1.29 is 9.21 Å². The second-order valence-corrected chi connectivity index (χ2v) is 7.79. The van der Waals surface area contributed by atoms with E-state index in [0.29, 0.717) is 18.8 Å². The fourth-order valence-corrected chi connectivity index (χ4v) is 3.96. The number of benzene rings is 1. The van der Waals surface area contributed by atoms with Crippen LogP contribution in [0.25, 0.3) is 0 Å². The van der Waals surface area contributed by atoms with E-state index < -0.39 is 0 Å². The van der Waals surface area contributed by atoms with Crippen LogP contribution in [-0.4, -0.2) is 47.0 Å². The largest absolute Gasteiger partial charge is 0.459 e. The van der Waals surface area contributed by atoms with Crippen LogP contribution in [-0.2, 0) is 12.8 Å². The average molecular weight is 405 g/mol. The molecule has 0 bridgehead atoms. The summed E-state index contributed by atoms with van der Waals surface area (Å²) >= 11 is 0. The van der Waals surface area contributed by atoms with Crippen LogP contribution >= 0.6 is 0 Å². The van der Waals surface area contributed by atoms with Crippen LogP contribution in [0.3, 0.4) is 0 Å². The van der Waals surface area contributed by atoms with E-state index in [-0.39, 0.29) is 5.91 Å². The molecule has 3 heterocycles. The summed E-state index contributed by atoms with van der Waals surface area (Å²) < 4.78 is 5.27. The first kappa shape index (κ1) is 20.1. The number of piperazine rings is 1. The number of aromatic nitrogens is 2. The molecule has 0 saturated carbocycles. The van der Waals surface area contributed by atoms with Crippen LogP contribution in [0.4, 0.5) is 5.82 Å². The van der Waals surface area contributed by atoms with E-state index in [1.165, 1.54) is 23.0 Å². The van der Waals surface area contributed by atoms with E-state index in [2.05, 4.69) is 43.0 Å². The third-order valence-electron chi connectivity index (χ3n) is 5.62. The van der Waals surface area contributed by atoms with Crippen molar-refractivity contribution in [2.24, 2.45) is 0 Å². The van der Waals surface area contributed by atoms with Gasteiger partial charge in [0.15, 0.2) is 5.76 Å². The Morgan fingerprint density at radius 2 is 1.77 bits per heavy atom. The Labute approximate surface area is 177 Å². The predicted octanol–water partition coefficient (Wildman–Crippen LogP) is 3.80. The van der Waals surface area contributed by atoms with Crippen LogP contribution < -0.4 is 4.90 Å². The predicted molar refractivity (Wildman–Crippen MR) is 117 cm³/mol. The van der Waals surface area contributed by atoms with Crippen LogP contribution in [0.15, 0.2) is 47.1 Å². The number of aryl methyl sites for hydroxylation is 3. The second-order valence-electron chi connectivity index (χ2n) is 7.79. The molecule has 0 aliphatic carbocycles. The van der Waals surface area contributed by atoms with Gasteiger partial charge in [0.25, 0.3) is 5.91 Å². The van der Waals surface area contributed by atoms with Crippen molar-refractivity contribution >= 4 is 11.7 Å². The first-order valence-electron chi connectivity index (χ1n) is 10.5. The number of carbonyl (C=O) groups excluding carboxylic acids is 1. The summed E-state index contributed by atoms with van der Waals surface area (Å²) in [5.41, 5.74) is 4.81. The number of rotatable bonds is 5. The molecule has 0 radical (unpaired) electrons. The molecule has 0 spiro atoms. The summed E-state index contributed by atoms with van der Waals surface area (Å²) in [7, 11) is 0. The van der Waals surface area contributed by atoms with Gasteiger partial charge < -0.3 is 14.2 Å². The van der Waals surface area contributed by atoms with E-state index in [9.17, 15) is 4.79 Å². The monoisotopic (exact) mass is 404 g/mol. The summed E-state index contributed by atoms with van der Waals surface area (Å²) in [6.07, 6.45) is 3.22. The molecule has 1 aliphatic rings. The fraction of sp³-hybridized carbons (Fsp3) is 0.375. The maximum Gasteiger partial charge on any atom is 0.289 e. The van der Waals surface area contributed by atoms with E-state index in [1.807, 2.05) is 11.8 Å². The van der Waals surface area contributed by atoms with Gasteiger partial charge in [0.1, 0.15) is 11.6 Å². The maximum atomic E-state index is 12.6. The average Bonchev–Trinajstić information content (AvgIpc) is 3.30. The second kappa shape index (κ2) is 8.69. The molecule has 4 rings (SSSR count). The highest BCUT2D eigenvalue weighted by atomic mass is 16.3. The molecule has 1 aromatic carbocycles. The van der Waals surface area contributed by atoms with Crippen molar-refractivity contribution in [3.8, 4) is 0 Å². The number of hydrogen-bond acceptors (Lipinski definition) is 5. The zero-order valence-electron chi connectivity index (χ0n) is 17.9. The van der Waals surface area contributed by atoms with Gasteiger partial charge in [0.2, 0.25) is 0 Å². The summed E-state index contributed by atoms with van der Waals surface area (Å²) in [6, 6.07) is 12.1. The van der Waals surface area contributed by atoms with E-state index in [1.54, 1.807) is 12.1 Å². The van der Waals surface area contributed by atoms with Crippen molar-refractivity contribution in [1.82, 2.24) is 14.9 Å². The van der Waals surface area contributed by atoms with Gasteiger partial charge >= 0.3 is 0 Å². The third-order valence-corrected chi connectivity index (χ3v) is 5.62. The van der Waals surface area contributed by atoms with E-state index >= 15 is 0 Å². The number of nitrogens with zero attached hydrogens (tertiary/aromatic N) is 4. The van der Waals surface area contributed by atoms with E-state index in [4.69, 9.17) is 14.4 Å². The number of anilines is 1. The quantitative estimate of drug-likeness (QED) is 0.647. The Balaban J connectivity index is 1.57. The van der Waals surface area contributed by atoms with Gasteiger partial charge in [-0.25, -0.2) is 9.97 Å². The SMILES string of the molecule is CCc1nc(C)nc(N2CCN(C(=O)c3ccco3)CC2)c1Cc1ccc(C)cc1. The summed E-state index contributed by atoms with van der Waals surface area (Å²) in [4.78, 5) is 26.3. The number of carbonyl (C=O) groups is 1. The lowest BCUT2D eigenvalue weighted by Gasteiger charge is -2.36. The minimum Gasteiger partial charge on any atom is -0.459 e. The molecular formula is C24H28N4O2. The summed E-state index contributed by atoms with van der Waals surface area (Å²) in [6.45, 7) is 8.98. The minimum absolute atomic E-state index is 0.0485. The first-order valence-corrected chi connectivity index (χ1v) is 10.5. The fourth-order valence-electron chi connectivity index (χ4n) is 3.96. The normalized spacial score (nSPS) is 14.2. The molecule has 1 aliphatic heterocycles. The van der Waals surface area contributed by atoms with Crippen molar-refractivity contribution in [3.05, 3.63) is 76.6 Å². The molecule has 6 nitrogen and oxygen atoms in total. The van der Waals surface area contributed by atoms with Gasteiger partial charge in [-0.15, -0.1) is 0 Å². The van der Waals surface area contributed by atoms with Crippen molar-refractivity contribution in [1.29, 1.82) is 0 Å². The molecule has 30 heavy (non-hydrogen) atoms. The standard InChI is InChI=1S/C24H28N4O2/c1-4-21-20(16-19-9-7-17(2)8-10-19)23(26-18(3)25-21)27-11-13-28(14-12-27)24(29)22-6-5-15-30-22/h5-10,15H,4,11-14,16H2,1-3H3. The minimum atomic E-state index is -0.0485. The Morgan fingerprint density at radius 1 is 1.03 bits per heavy atom. The lowest BCUT2D eigenvalue weighted by atomic mass is 10.0. The number of hydrogen-bond donors (Lipinski definition) is 0. The summed E-state index contributed by atoms with van der Waals surface area (Å²) in [5, 5.41) is 0. The van der Waals surface area contributed by atoms with Crippen LogP contribution in [0.2, 0.25) is 0 Å². The smallest absolute Gasteiger partial charge is 0.289 e. The van der Waals surface area contributed by atoms with Gasteiger partial charge in [0.05, 0.1) is 6.26 Å². The highest BCUT2D eigenvalue weighted by molar-refractivity contribution is 5.91. The topological polar surface area (TPSA) is 62.5 Å². The van der Waals surface area contributed by atoms with Crippen LogP contribution in [0, 0.1) is 13.8 Å². The number of amides is 1. The zero-order valence-corrected chi connectivity index (χ0v) is 17.9. The Hall–Kier alpha value is -3.15. The van der Waals surface area contributed by atoms with Crippen molar-refractivity contribution in [3.63, 3.8) is 0 Å². The molecule has 0 atom stereocenters. The third kappa shape index (κ3) is 4.22. The Bertz CT molecular complexity index is 1000. The molecule has 1 fully saturated rings. The van der Waals surface area contributed by atoms with Crippen LogP contribution in [0.1, 0.15) is 45.7 Å². The Kier molecular flexibility index (Phi) is 5.84. The van der Waals surface area contributed by atoms with Gasteiger partial charge in [-0.05, 0) is 38.0 Å². The molecule has 1 saturated heterocycles.